The van der Waals surface area contributed by atoms with E-state index in [4.69, 9.17) is 0 Å². The summed E-state index contributed by atoms with van der Waals surface area (Å²) in [6.45, 7) is 5.11. The van der Waals surface area contributed by atoms with Gasteiger partial charge in [0.05, 0.1) is 5.75 Å². The maximum atomic E-state index is 12.6. The second kappa shape index (κ2) is 9.74. The van der Waals surface area contributed by atoms with Crippen molar-refractivity contribution < 1.29 is 13.2 Å². The number of amides is 1. The van der Waals surface area contributed by atoms with Crippen LogP contribution in [0.15, 0.2) is 24.3 Å². The molecule has 1 saturated heterocycles. The number of piperidine rings is 1. The fraction of sp³-hybridized carbons (Fsp3) is 0.667. The van der Waals surface area contributed by atoms with Gasteiger partial charge in [-0.3, -0.25) is 9.52 Å². The quantitative estimate of drug-likeness (QED) is 0.693. The van der Waals surface area contributed by atoms with E-state index >= 15 is 0 Å². The number of rotatable bonds is 8. The van der Waals surface area contributed by atoms with Gasteiger partial charge in [-0.25, -0.2) is 8.42 Å². The van der Waals surface area contributed by atoms with E-state index in [0.29, 0.717) is 17.7 Å². The Morgan fingerprint density at radius 3 is 2.54 bits per heavy atom. The average Bonchev–Trinajstić information content (AvgIpc) is 3.16. The Morgan fingerprint density at radius 1 is 1.14 bits per heavy atom. The van der Waals surface area contributed by atoms with Crippen molar-refractivity contribution in [3.05, 3.63) is 29.8 Å². The van der Waals surface area contributed by atoms with Gasteiger partial charge >= 0.3 is 0 Å². The standard InChI is InChI=1S/C21H33N3O3S/c1-2-14-28(26,27)23-20-9-5-8-18(15-20)21(25)22-19-10-12-24(13-11-19)16-17-6-3-4-7-17/h5,8-9,15,17,19,23H,2-4,6-7,10-14,16H2,1H3,(H,22,25). The van der Waals surface area contributed by atoms with Crippen molar-refractivity contribution in [3.63, 3.8) is 0 Å². The van der Waals surface area contributed by atoms with Gasteiger partial charge in [-0.15, -0.1) is 0 Å². The number of hydrogen-bond donors (Lipinski definition) is 2. The van der Waals surface area contributed by atoms with Crippen LogP contribution in [0.25, 0.3) is 0 Å². The Balaban J connectivity index is 1.49. The third-order valence-electron chi connectivity index (χ3n) is 5.78. The number of sulfonamides is 1. The normalized spacial score (nSPS) is 19.6. The summed E-state index contributed by atoms with van der Waals surface area (Å²) >= 11 is 0. The summed E-state index contributed by atoms with van der Waals surface area (Å²) in [5, 5.41) is 3.12. The van der Waals surface area contributed by atoms with Gasteiger partial charge in [0, 0.05) is 36.9 Å². The van der Waals surface area contributed by atoms with Crippen molar-refractivity contribution in [2.45, 2.75) is 57.9 Å². The minimum Gasteiger partial charge on any atom is -0.349 e. The van der Waals surface area contributed by atoms with Gasteiger partial charge in [0.1, 0.15) is 0 Å². The second-order valence-corrected chi connectivity index (χ2v) is 10.0. The molecule has 1 amide bonds. The molecule has 0 unspecified atom stereocenters. The molecule has 3 rings (SSSR count). The summed E-state index contributed by atoms with van der Waals surface area (Å²) in [5.74, 6) is 0.805. The molecule has 2 N–H and O–H groups in total. The molecule has 6 nitrogen and oxygen atoms in total. The Hall–Kier alpha value is -1.60. The molecule has 0 bridgehead atoms. The van der Waals surface area contributed by atoms with E-state index in [2.05, 4.69) is 14.9 Å². The van der Waals surface area contributed by atoms with Crippen molar-refractivity contribution in [3.8, 4) is 0 Å². The van der Waals surface area contributed by atoms with Crippen molar-refractivity contribution in [1.82, 2.24) is 10.2 Å². The van der Waals surface area contributed by atoms with E-state index in [0.717, 1.165) is 31.8 Å². The zero-order valence-corrected chi connectivity index (χ0v) is 17.6. The van der Waals surface area contributed by atoms with Crippen LogP contribution < -0.4 is 10.0 Å². The first-order chi connectivity index (χ1) is 13.4. The molecule has 7 heteroatoms. The van der Waals surface area contributed by atoms with E-state index in [1.807, 2.05) is 6.92 Å². The van der Waals surface area contributed by atoms with E-state index in [1.165, 1.54) is 32.2 Å². The van der Waals surface area contributed by atoms with Crippen LogP contribution in [0, 0.1) is 5.92 Å². The summed E-state index contributed by atoms with van der Waals surface area (Å²) in [6.07, 6.45) is 8.00. The van der Waals surface area contributed by atoms with E-state index < -0.39 is 10.0 Å². The first-order valence-corrected chi connectivity index (χ1v) is 12.2. The molecule has 1 aromatic carbocycles. The number of carbonyl (C=O) groups is 1. The lowest BCUT2D eigenvalue weighted by Crippen LogP contribution is -2.45. The van der Waals surface area contributed by atoms with Crippen molar-refractivity contribution in [2.24, 2.45) is 5.92 Å². The van der Waals surface area contributed by atoms with Crippen LogP contribution >= 0.6 is 0 Å². The molecule has 156 valence electrons. The largest absolute Gasteiger partial charge is 0.349 e. The van der Waals surface area contributed by atoms with Gasteiger partial charge in [-0.05, 0) is 56.2 Å². The van der Waals surface area contributed by atoms with E-state index in [-0.39, 0.29) is 17.7 Å². The van der Waals surface area contributed by atoms with Crippen molar-refractivity contribution in [2.75, 3.05) is 30.1 Å². The number of likely N-dealkylation sites (tertiary alicyclic amines) is 1. The minimum atomic E-state index is -3.36. The highest BCUT2D eigenvalue weighted by Crippen LogP contribution is 2.26. The first-order valence-electron chi connectivity index (χ1n) is 10.6. The summed E-state index contributed by atoms with van der Waals surface area (Å²) in [6, 6.07) is 6.90. The highest BCUT2D eigenvalue weighted by Gasteiger charge is 2.24. The summed E-state index contributed by atoms with van der Waals surface area (Å²) < 4.78 is 26.4. The molecule has 0 atom stereocenters. The predicted molar refractivity (Wildman–Crippen MR) is 113 cm³/mol. The molecule has 1 aromatic rings. The molecule has 2 fully saturated rings. The maximum absolute atomic E-state index is 12.6. The maximum Gasteiger partial charge on any atom is 0.251 e. The fourth-order valence-electron chi connectivity index (χ4n) is 4.31. The fourth-order valence-corrected chi connectivity index (χ4v) is 5.44. The van der Waals surface area contributed by atoms with Crippen LogP contribution in [0.4, 0.5) is 5.69 Å². The van der Waals surface area contributed by atoms with E-state index in [9.17, 15) is 13.2 Å². The number of carbonyl (C=O) groups excluding carboxylic acids is 1. The van der Waals surface area contributed by atoms with Crippen LogP contribution in [0.3, 0.4) is 0 Å². The summed E-state index contributed by atoms with van der Waals surface area (Å²) in [5.41, 5.74) is 0.928. The highest BCUT2D eigenvalue weighted by atomic mass is 32.2. The zero-order chi connectivity index (χ0) is 20.0. The molecule has 1 aliphatic heterocycles. The van der Waals surface area contributed by atoms with E-state index in [1.54, 1.807) is 24.3 Å². The van der Waals surface area contributed by atoms with Crippen LogP contribution in [0.2, 0.25) is 0 Å². The third-order valence-corrected chi connectivity index (χ3v) is 7.28. The molecular formula is C21H33N3O3S. The first kappa shape index (κ1) is 21.1. The molecule has 0 aromatic heterocycles. The SMILES string of the molecule is CCCS(=O)(=O)Nc1cccc(C(=O)NC2CCN(CC3CCCC3)CC2)c1. The van der Waals surface area contributed by atoms with Gasteiger partial charge < -0.3 is 10.2 Å². The van der Waals surface area contributed by atoms with Gasteiger partial charge in [0.15, 0.2) is 0 Å². The molecule has 2 aliphatic rings. The van der Waals surface area contributed by atoms with Crippen LogP contribution in [-0.2, 0) is 10.0 Å². The molecule has 1 aliphatic carbocycles. The van der Waals surface area contributed by atoms with Crippen molar-refractivity contribution >= 4 is 21.6 Å². The van der Waals surface area contributed by atoms with Gasteiger partial charge in [0.25, 0.3) is 5.91 Å². The second-order valence-electron chi connectivity index (χ2n) is 8.20. The van der Waals surface area contributed by atoms with Gasteiger partial charge in [-0.2, -0.15) is 0 Å². The Bertz CT molecular complexity index is 752. The van der Waals surface area contributed by atoms with Crippen LogP contribution in [0.5, 0.6) is 0 Å². The predicted octanol–water partition coefficient (Wildman–Crippen LogP) is 3.22. The Morgan fingerprint density at radius 2 is 1.86 bits per heavy atom. The summed E-state index contributed by atoms with van der Waals surface area (Å²) in [7, 11) is -3.36. The number of nitrogens with one attached hydrogen (secondary N) is 2. The highest BCUT2D eigenvalue weighted by molar-refractivity contribution is 7.92. The molecular weight excluding hydrogens is 374 g/mol. The van der Waals surface area contributed by atoms with Gasteiger partial charge in [0.2, 0.25) is 10.0 Å². The number of anilines is 1. The Kier molecular flexibility index (Phi) is 7.35. The lowest BCUT2D eigenvalue weighted by atomic mass is 10.0. The molecule has 1 heterocycles. The number of hydrogen-bond acceptors (Lipinski definition) is 4. The monoisotopic (exact) mass is 407 g/mol. The molecule has 1 saturated carbocycles. The van der Waals surface area contributed by atoms with Crippen molar-refractivity contribution in [1.29, 1.82) is 0 Å². The van der Waals surface area contributed by atoms with Crippen LogP contribution in [-0.4, -0.2) is 50.7 Å². The average molecular weight is 408 g/mol. The molecule has 0 radical (unpaired) electrons. The molecule has 0 spiro atoms. The zero-order valence-electron chi connectivity index (χ0n) is 16.8. The summed E-state index contributed by atoms with van der Waals surface area (Å²) in [4.78, 5) is 15.2. The minimum absolute atomic E-state index is 0.0723. The number of nitrogens with zero attached hydrogens (tertiary/aromatic N) is 1. The Labute approximate surface area is 169 Å². The lowest BCUT2D eigenvalue weighted by Gasteiger charge is -2.33. The topological polar surface area (TPSA) is 78.5 Å². The third kappa shape index (κ3) is 6.21. The smallest absolute Gasteiger partial charge is 0.251 e. The number of benzene rings is 1. The molecule has 28 heavy (non-hydrogen) atoms. The van der Waals surface area contributed by atoms with Gasteiger partial charge in [-0.1, -0.05) is 25.8 Å². The van der Waals surface area contributed by atoms with Crippen LogP contribution in [0.1, 0.15) is 62.2 Å². The lowest BCUT2D eigenvalue weighted by molar-refractivity contribution is 0.0905.